The average molecular weight is 439 g/mol. The number of carbonyl (C=O) groups excluding carboxylic acids is 4. The van der Waals surface area contributed by atoms with Gasteiger partial charge in [-0.05, 0) is 40.2 Å². The van der Waals surface area contributed by atoms with Crippen molar-refractivity contribution < 1.29 is 42.9 Å². The molecule has 0 aliphatic rings. The highest BCUT2D eigenvalue weighted by Gasteiger charge is 2.29. The maximum absolute atomic E-state index is 12.3. The van der Waals surface area contributed by atoms with Crippen molar-refractivity contribution in [1.29, 1.82) is 0 Å². The Morgan fingerprint density at radius 1 is 0.968 bits per heavy atom. The third-order valence-electron chi connectivity index (χ3n) is 3.30. The molecule has 0 heterocycles. The summed E-state index contributed by atoms with van der Waals surface area (Å²) in [5.41, 5.74) is -0.0667. The van der Waals surface area contributed by atoms with Crippen LogP contribution in [0, 0.1) is 0 Å². The van der Waals surface area contributed by atoms with E-state index in [0.717, 1.165) is 5.56 Å². The van der Waals surface area contributed by atoms with Gasteiger partial charge >= 0.3 is 24.2 Å². The fourth-order valence-electron chi connectivity index (χ4n) is 2.07. The highest BCUT2D eigenvalue weighted by atomic mass is 16.8. The molecule has 1 amide bonds. The second kappa shape index (κ2) is 12.4. The lowest BCUT2D eigenvalue weighted by atomic mass is 10.2. The van der Waals surface area contributed by atoms with Crippen LogP contribution in [0.3, 0.4) is 0 Å². The highest BCUT2D eigenvalue weighted by molar-refractivity contribution is 5.86. The van der Waals surface area contributed by atoms with Gasteiger partial charge in [0, 0.05) is 0 Å². The number of nitrogens with one attached hydrogen (secondary N) is 1. The van der Waals surface area contributed by atoms with Crippen LogP contribution in [0.2, 0.25) is 0 Å². The number of amides is 1. The predicted octanol–water partition coefficient (Wildman–Crippen LogP) is 3.08. The number of hydrogen-bond acceptors (Lipinski definition) is 9. The molecule has 0 radical (unpaired) electrons. The van der Waals surface area contributed by atoms with Crippen molar-refractivity contribution in [3.63, 3.8) is 0 Å². The van der Waals surface area contributed by atoms with Crippen molar-refractivity contribution in [2.75, 3.05) is 6.79 Å². The first kappa shape index (κ1) is 25.7. The van der Waals surface area contributed by atoms with Gasteiger partial charge in [-0.1, -0.05) is 30.3 Å². The number of alkyl carbamates (subject to hydrolysis) is 1. The Bertz CT molecular complexity index is 741. The van der Waals surface area contributed by atoms with Crippen LogP contribution < -0.4 is 5.32 Å². The molecule has 0 saturated carbocycles. The van der Waals surface area contributed by atoms with E-state index in [2.05, 4.69) is 10.1 Å². The Morgan fingerprint density at radius 3 is 2.19 bits per heavy atom. The molecule has 0 saturated heterocycles. The zero-order valence-corrected chi connectivity index (χ0v) is 18.3. The summed E-state index contributed by atoms with van der Waals surface area (Å²) in [4.78, 5) is 47.9. The summed E-state index contributed by atoms with van der Waals surface area (Å²) in [6.07, 6.45) is -2.88. The number of hydrogen-bond donors (Lipinski definition) is 1. The van der Waals surface area contributed by atoms with Crippen LogP contribution in [0.5, 0.6) is 0 Å². The fraction of sp³-hybridized carbons (Fsp3) is 0.524. The lowest BCUT2D eigenvalue weighted by Crippen LogP contribution is -2.45. The van der Waals surface area contributed by atoms with E-state index >= 15 is 0 Å². The predicted molar refractivity (Wildman–Crippen MR) is 108 cm³/mol. The first-order chi connectivity index (χ1) is 14.5. The smallest absolute Gasteiger partial charge is 0.461 e. The number of ether oxygens (including phenoxy) is 5. The molecule has 0 spiro atoms. The van der Waals surface area contributed by atoms with Crippen molar-refractivity contribution >= 4 is 24.2 Å². The fourth-order valence-corrected chi connectivity index (χ4v) is 2.07. The van der Waals surface area contributed by atoms with Crippen molar-refractivity contribution in [3.8, 4) is 0 Å². The standard InChI is InChI=1S/C21H29NO9/c1-14(2)30-20(26)29-13-28-18(24)16(22-19(25)31-21(3,4)5)11-17(23)27-12-15-9-7-6-8-10-15/h6-10,14,16H,11-13H2,1-5H3,(H,22,25). The molecule has 172 valence electrons. The number of esters is 2. The summed E-state index contributed by atoms with van der Waals surface area (Å²) in [6, 6.07) is 7.52. The van der Waals surface area contributed by atoms with Gasteiger partial charge in [0.25, 0.3) is 0 Å². The number of carbonyl (C=O) groups is 4. The molecule has 0 bridgehead atoms. The molecular weight excluding hydrogens is 410 g/mol. The van der Waals surface area contributed by atoms with E-state index in [0.29, 0.717) is 0 Å². The van der Waals surface area contributed by atoms with Gasteiger partial charge in [-0.2, -0.15) is 0 Å². The summed E-state index contributed by atoms with van der Waals surface area (Å²) in [5, 5.41) is 2.26. The summed E-state index contributed by atoms with van der Waals surface area (Å²) < 4.78 is 24.4. The highest BCUT2D eigenvalue weighted by Crippen LogP contribution is 2.09. The zero-order valence-electron chi connectivity index (χ0n) is 18.3. The van der Waals surface area contributed by atoms with Gasteiger partial charge < -0.3 is 29.0 Å². The first-order valence-electron chi connectivity index (χ1n) is 9.65. The number of rotatable bonds is 9. The van der Waals surface area contributed by atoms with E-state index in [1.54, 1.807) is 58.9 Å². The maximum atomic E-state index is 12.3. The minimum absolute atomic E-state index is 0.00195. The normalized spacial score (nSPS) is 11.8. The van der Waals surface area contributed by atoms with E-state index in [4.69, 9.17) is 18.9 Å². The van der Waals surface area contributed by atoms with E-state index in [1.807, 2.05) is 6.07 Å². The minimum Gasteiger partial charge on any atom is -0.461 e. The van der Waals surface area contributed by atoms with Crippen molar-refractivity contribution in [1.82, 2.24) is 5.32 Å². The molecule has 0 aromatic heterocycles. The lowest BCUT2D eigenvalue weighted by molar-refractivity contribution is -0.160. The largest absolute Gasteiger partial charge is 0.511 e. The molecule has 1 N–H and O–H groups in total. The molecule has 10 nitrogen and oxygen atoms in total. The molecule has 1 aromatic rings. The SMILES string of the molecule is CC(C)OC(=O)OCOC(=O)C(CC(=O)OCc1ccccc1)NC(=O)OC(C)(C)C. The summed E-state index contributed by atoms with van der Waals surface area (Å²) in [7, 11) is 0. The van der Waals surface area contributed by atoms with Crippen LogP contribution in [-0.4, -0.2) is 48.7 Å². The molecule has 1 atom stereocenters. The maximum Gasteiger partial charge on any atom is 0.511 e. The minimum atomic E-state index is -1.41. The topological polar surface area (TPSA) is 126 Å². The van der Waals surface area contributed by atoms with Crippen molar-refractivity contribution in [3.05, 3.63) is 35.9 Å². The molecule has 1 unspecified atom stereocenters. The van der Waals surface area contributed by atoms with Crippen molar-refractivity contribution in [2.45, 2.75) is 65.4 Å². The Balaban J connectivity index is 2.66. The van der Waals surface area contributed by atoms with Gasteiger partial charge in [0.15, 0.2) is 0 Å². The molecule has 1 aromatic carbocycles. The van der Waals surface area contributed by atoms with Crippen LogP contribution in [0.15, 0.2) is 30.3 Å². The number of benzene rings is 1. The Labute approximate surface area is 181 Å². The van der Waals surface area contributed by atoms with Gasteiger partial charge in [0.1, 0.15) is 18.2 Å². The van der Waals surface area contributed by atoms with E-state index in [1.165, 1.54) is 0 Å². The van der Waals surface area contributed by atoms with E-state index in [-0.39, 0.29) is 6.61 Å². The van der Waals surface area contributed by atoms with Crippen LogP contribution in [0.4, 0.5) is 9.59 Å². The summed E-state index contributed by atoms with van der Waals surface area (Å²) in [5.74, 6) is -1.76. The molecule has 0 aliphatic carbocycles. The molecule has 10 heteroatoms. The van der Waals surface area contributed by atoms with E-state index < -0.39 is 55.1 Å². The quantitative estimate of drug-likeness (QED) is 0.351. The van der Waals surface area contributed by atoms with Gasteiger partial charge in [-0.3, -0.25) is 4.79 Å². The zero-order chi connectivity index (χ0) is 23.4. The molecule has 1 rings (SSSR count). The van der Waals surface area contributed by atoms with Crippen molar-refractivity contribution in [2.24, 2.45) is 0 Å². The van der Waals surface area contributed by atoms with Gasteiger partial charge in [-0.15, -0.1) is 0 Å². The Morgan fingerprint density at radius 2 is 1.61 bits per heavy atom. The van der Waals surface area contributed by atoms with Gasteiger partial charge in [0.05, 0.1) is 12.5 Å². The van der Waals surface area contributed by atoms with Gasteiger partial charge in [-0.25, -0.2) is 14.4 Å². The molecule has 0 aliphatic heterocycles. The third-order valence-corrected chi connectivity index (χ3v) is 3.30. The van der Waals surface area contributed by atoms with Crippen LogP contribution in [0.1, 0.15) is 46.6 Å². The second-order valence-electron chi connectivity index (χ2n) is 7.69. The molecular formula is C21H29NO9. The van der Waals surface area contributed by atoms with Crippen LogP contribution >= 0.6 is 0 Å². The molecule has 31 heavy (non-hydrogen) atoms. The second-order valence-corrected chi connectivity index (χ2v) is 7.69. The summed E-state index contributed by atoms with van der Waals surface area (Å²) >= 11 is 0. The van der Waals surface area contributed by atoms with Gasteiger partial charge in [0.2, 0.25) is 6.79 Å². The van der Waals surface area contributed by atoms with Crippen LogP contribution in [-0.2, 0) is 39.9 Å². The van der Waals surface area contributed by atoms with E-state index in [9.17, 15) is 19.2 Å². The first-order valence-corrected chi connectivity index (χ1v) is 9.65. The average Bonchev–Trinajstić information content (AvgIpc) is 2.64. The lowest BCUT2D eigenvalue weighted by Gasteiger charge is -2.22. The Hall–Kier alpha value is -3.30. The Kier molecular flexibility index (Phi) is 10.3. The summed E-state index contributed by atoms with van der Waals surface area (Å²) in [6.45, 7) is 7.41. The third kappa shape index (κ3) is 12.1. The van der Waals surface area contributed by atoms with Crippen LogP contribution in [0.25, 0.3) is 0 Å². The monoisotopic (exact) mass is 439 g/mol. The molecule has 0 fully saturated rings.